The van der Waals surface area contributed by atoms with Crippen molar-refractivity contribution in [3.63, 3.8) is 0 Å². The average Bonchev–Trinajstić information content (AvgIpc) is 2.84. The van der Waals surface area contributed by atoms with E-state index in [9.17, 15) is 4.79 Å². The van der Waals surface area contributed by atoms with Crippen molar-refractivity contribution in [1.29, 1.82) is 0 Å². The molecule has 1 saturated heterocycles. The van der Waals surface area contributed by atoms with E-state index in [-0.39, 0.29) is 5.92 Å². The summed E-state index contributed by atoms with van der Waals surface area (Å²) in [4.78, 5) is 18.6. The van der Waals surface area contributed by atoms with Gasteiger partial charge in [-0.2, -0.15) is 0 Å². The summed E-state index contributed by atoms with van der Waals surface area (Å²) in [6, 6.07) is 0. The Balaban J connectivity index is 2.05. The van der Waals surface area contributed by atoms with Crippen molar-refractivity contribution < 1.29 is 9.53 Å². The maximum absolute atomic E-state index is 11.1. The van der Waals surface area contributed by atoms with Crippen molar-refractivity contribution in [3.05, 3.63) is 10.6 Å². The standard InChI is InChI=1S/C14H22N2O2S/c1-10(2)13-12(8-17)19-14(15-13)16(3)7-11-5-4-6-18-9-11/h8,10-11H,4-7,9H2,1-3H3. The van der Waals surface area contributed by atoms with Gasteiger partial charge in [0.25, 0.3) is 0 Å². The predicted molar refractivity (Wildman–Crippen MR) is 78.4 cm³/mol. The Morgan fingerprint density at radius 3 is 2.89 bits per heavy atom. The second-order valence-corrected chi connectivity index (χ2v) is 6.49. The summed E-state index contributed by atoms with van der Waals surface area (Å²) in [5.74, 6) is 0.862. The lowest BCUT2D eigenvalue weighted by atomic mass is 10.0. The molecule has 1 aromatic heterocycles. The third kappa shape index (κ3) is 3.54. The molecule has 1 atom stereocenters. The van der Waals surface area contributed by atoms with Gasteiger partial charge in [0.05, 0.1) is 17.2 Å². The molecular weight excluding hydrogens is 260 g/mol. The summed E-state index contributed by atoms with van der Waals surface area (Å²) in [7, 11) is 2.05. The highest BCUT2D eigenvalue weighted by Crippen LogP contribution is 2.29. The second kappa shape index (κ2) is 6.48. The Morgan fingerprint density at radius 2 is 2.37 bits per heavy atom. The zero-order valence-corrected chi connectivity index (χ0v) is 12.7. The largest absolute Gasteiger partial charge is 0.381 e. The summed E-state index contributed by atoms with van der Waals surface area (Å²) in [6.45, 7) is 6.82. The minimum Gasteiger partial charge on any atom is -0.381 e. The molecular formula is C14H22N2O2S. The smallest absolute Gasteiger partial charge is 0.185 e. The van der Waals surface area contributed by atoms with E-state index in [1.807, 2.05) is 7.05 Å². The molecule has 1 aliphatic rings. The Hall–Kier alpha value is -0.940. The number of hydrogen-bond donors (Lipinski definition) is 0. The van der Waals surface area contributed by atoms with E-state index in [0.717, 1.165) is 48.2 Å². The van der Waals surface area contributed by atoms with Crippen LogP contribution in [0.4, 0.5) is 5.13 Å². The van der Waals surface area contributed by atoms with Gasteiger partial charge in [-0.15, -0.1) is 0 Å². The molecule has 1 aromatic rings. The zero-order valence-electron chi connectivity index (χ0n) is 11.9. The normalized spacial score (nSPS) is 19.7. The first kappa shape index (κ1) is 14.5. The number of anilines is 1. The van der Waals surface area contributed by atoms with Crippen LogP contribution in [0.2, 0.25) is 0 Å². The number of carbonyl (C=O) groups is 1. The fourth-order valence-corrected chi connectivity index (χ4v) is 3.41. The van der Waals surface area contributed by atoms with E-state index in [0.29, 0.717) is 5.92 Å². The predicted octanol–water partition coefficient (Wildman–Crippen LogP) is 2.94. The molecule has 2 rings (SSSR count). The van der Waals surface area contributed by atoms with Gasteiger partial charge in [-0.25, -0.2) is 4.98 Å². The number of rotatable bonds is 5. The van der Waals surface area contributed by atoms with Gasteiger partial charge in [-0.1, -0.05) is 25.2 Å². The van der Waals surface area contributed by atoms with Crippen LogP contribution in [0.15, 0.2) is 0 Å². The summed E-state index contributed by atoms with van der Waals surface area (Å²) >= 11 is 1.49. The molecule has 0 aliphatic carbocycles. The summed E-state index contributed by atoms with van der Waals surface area (Å²) in [6.07, 6.45) is 3.29. The van der Waals surface area contributed by atoms with Gasteiger partial charge in [0.1, 0.15) is 0 Å². The first-order chi connectivity index (χ1) is 9.11. The second-order valence-electron chi connectivity index (χ2n) is 5.48. The van der Waals surface area contributed by atoms with Gasteiger partial charge in [0.2, 0.25) is 0 Å². The van der Waals surface area contributed by atoms with Crippen LogP contribution >= 0.6 is 11.3 Å². The van der Waals surface area contributed by atoms with Crippen LogP contribution in [0.5, 0.6) is 0 Å². The van der Waals surface area contributed by atoms with Crippen molar-refractivity contribution in [2.75, 3.05) is 31.7 Å². The highest BCUT2D eigenvalue weighted by molar-refractivity contribution is 7.17. The van der Waals surface area contributed by atoms with Gasteiger partial charge in [-0.3, -0.25) is 4.79 Å². The van der Waals surface area contributed by atoms with Gasteiger partial charge in [-0.05, 0) is 24.7 Å². The molecule has 0 spiro atoms. The molecule has 0 N–H and O–H groups in total. The molecule has 5 heteroatoms. The molecule has 2 heterocycles. The molecule has 0 bridgehead atoms. The number of hydrogen-bond acceptors (Lipinski definition) is 5. The van der Waals surface area contributed by atoms with Crippen molar-refractivity contribution in [2.24, 2.45) is 5.92 Å². The Labute approximate surface area is 118 Å². The lowest BCUT2D eigenvalue weighted by Gasteiger charge is -2.26. The first-order valence-electron chi connectivity index (χ1n) is 6.86. The quantitative estimate of drug-likeness (QED) is 0.779. The van der Waals surface area contributed by atoms with Crippen LogP contribution in [-0.2, 0) is 4.74 Å². The van der Waals surface area contributed by atoms with Crippen molar-refractivity contribution in [1.82, 2.24) is 4.98 Å². The topological polar surface area (TPSA) is 42.4 Å². The van der Waals surface area contributed by atoms with Crippen LogP contribution in [0.25, 0.3) is 0 Å². The Bertz CT molecular complexity index is 425. The minimum absolute atomic E-state index is 0.289. The molecule has 0 aromatic carbocycles. The fraction of sp³-hybridized carbons (Fsp3) is 0.714. The van der Waals surface area contributed by atoms with Crippen molar-refractivity contribution >= 4 is 22.8 Å². The zero-order chi connectivity index (χ0) is 13.8. The van der Waals surface area contributed by atoms with Gasteiger partial charge >= 0.3 is 0 Å². The van der Waals surface area contributed by atoms with E-state index in [1.165, 1.54) is 17.8 Å². The van der Waals surface area contributed by atoms with E-state index in [1.54, 1.807) is 0 Å². The lowest BCUT2D eigenvalue weighted by molar-refractivity contribution is 0.0576. The van der Waals surface area contributed by atoms with Crippen LogP contribution in [0.1, 0.15) is 48.0 Å². The van der Waals surface area contributed by atoms with Crippen LogP contribution in [-0.4, -0.2) is 38.1 Å². The molecule has 0 amide bonds. The fourth-order valence-electron chi connectivity index (χ4n) is 2.41. The van der Waals surface area contributed by atoms with E-state index in [2.05, 4.69) is 23.7 Å². The van der Waals surface area contributed by atoms with Crippen molar-refractivity contribution in [3.8, 4) is 0 Å². The minimum atomic E-state index is 0.289. The maximum atomic E-state index is 11.1. The molecule has 106 valence electrons. The van der Waals surface area contributed by atoms with Gasteiger partial charge in [0, 0.05) is 20.2 Å². The van der Waals surface area contributed by atoms with E-state index < -0.39 is 0 Å². The van der Waals surface area contributed by atoms with Gasteiger partial charge in [0.15, 0.2) is 11.4 Å². The third-order valence-electron chi connectivity index (χ3n) is 3.44. The molecule has 0 saturated carbocycles. The third-order valence-corrected chi connectivity index (χ3v) is 4.55. The SMILES string of the molecule is CC(C)c1nc(N(C)CC2CCCOC2)sc1C=O. The summed E-state index contributed by atoms with van der Waals surface area (Å²) in [5.41, 5.74) is 0.918. The van der Waals surface area contributed by atoms with Crippen LogP contribution in [0.3, 0.4) is 0 Å². The highest BCUT2D eigenvalue weighted by atomic mass is 32.1. The molecule has 1 aliphatic heterocycles. The molecule has 1 unspecified atom stereocenters. The van der Waals surface area contributed by atoms with Crippen molar-refractivity contribution in [2.45, 2.75) is 32.6 Å². The monoisotopic (exact) mass is 282 g/mol. The number of thiazole rings is 1. The lowest BCUT2D eigenvalue weighted by Crippen LogP contribution is -2.30. The maximum Gasteiger partial charge on any atom is 0.185 e. The molecule has 19 heavy (non-hydrogen) atoms. The average molecular weight is 282 g/mol. The highest BCUT2D eigenvalue weighted by Gasteiger charge is 2.20. The number of aldehydes is 1. The molecule has 1 fully saturated rings. The summed E-state index contributed by atoms with van der Waals surface area (Å²) in [5, 5.41) is 0.941. The number of ether oxygens (including phenoxy) is 1. The first-order valence-corrected chi connectivity index (χ1v) is 7.68. The van der Waals surface area contributed by atoms with Gasteiger partial charge < -0.3 is 9.64 Å². The number of carbonyl (C=O) groups excluding carboxylic acids is 1. The van der Waals surface area contributed by atoms with E-state index >= 15 is 0 Å². The Kier molecular flexibility index (Phi) is 4.93. The Morgan fingerprint density at radius 1 is 1.58 bits per heavy atom. The van der Waals surface area contributed by atoms with Crippen LogP contribution in [0, 0.1) is 5.92 Å². The van der Waals surface area contributed by atoms with Crippen LogP contribution < -0.4 is 4.90 Å². The summed E-state index contributed by atoms with van der Waals surface area (Å²) < 4.78 is 5.51. The number of nitrogens with zero attached hydrogens (tertiary/aromatic N) is 2. The number of aromatic nitrogens is 1. The molecule has 4 nitrogen and oxygen atoms in total. The molecule has 0 radical (unpaired) electrons. The van der Waals surface area contributed by atoms with E-state index in [4.69, 9.17) is 4.74 Å².